The van der Waals surface area contributed by atoms with Crippen molar-refractivity contribution in [2.45, 2.75) is 39.7 Å². The number of rotatable bonds is 13. The normalized spacial score (nSPS) is 14.0. The summed E-state index contributed by atoms with van der Waals surface area (Å²) < 4.78 is 38.5. The van der Waals surface area contributed by atoms with Crippen LogP contribution in [0.15, 0.2) is 12.2 Å². The van der Waals surface area contributed by atoms with Crippen molar-refractivity contribution in [2.24, 2.45) is 0 Å². The Morgan fingerprint density at radius 3 is 2.10 bits per heavy atom. The molecule has 0 aliphatic heterocycles. The summed E-state index contributed by atoms with van der Waals surface area (Å²) in [6, 6.07) is 0.784. The van der Waals surface area contributed by atoms with Gasteiger partial charge in [-0.15, -0.1) is 0 Å². The minimum absolute atomic E-state index is 0.383. The van der Waals surface area contributed by atoms with Gasteiger partial charge in [0.15, 0.2) is 0 Å². The molecule has 0 heterocycles. The van der Waals surface area contributed by atoms with E-state index in [0.29, 0.717) is 26.4 Å². The molecule has 0 aliphatic rings. The van der Waals surface area contributed by atoms with E-state index in [1.165, 1.54) is 0 Å². The third-order valence-corrected chi connectivity index (χ3v) is 6.00. The molecule has 120 valence electrons. The minimum Gasteiger partial charge on any atom is -0.374 e. The molecule has 0 spiro atoms. The fraction of sp³-hybridized carbons (Fsp3) is 0.833. The highest BCUT2D eigenvalue weighted by Gasteiger charge is 2.39. The molecule has 8 heteroatoms. The molecule has 1 unspecified atom stereocenters. The zero-order valence-electron chi connectivity index (χ0n) is 12.6. The van der Waals surface area contributed by atoms with Gasteiger partial charge in [0, 0.05) is 32.4 Å². The monoisotopic (exact) mass is 325 g/mol. The van der Waals surface area contributed by atoms with Gasteiger partial charge < -0.3 is 13.3 Å². The Hall–Kier alpha value is -0.0931. The van der Waals surface area contributed by atoms with Crippen LogP contribution in [0, 0.1) is 0 Å². The molecule has 6 nitrogen and oxygen atoms in total. The summed E-state index contributed by atoms with van der Waals surface area (Å²) in [4.78, 5) is 0. The van der Waals surface area contributed by atoms with Crippen LogP contribution in [-0.4, -0.2) is 43.9 Å². The molecule has 0 aromatic carbocycles. The van der Waals surface area contributed by atoms with Gasteiger partial charge in [0.05, 0.1) is 0 Å². The van der Waals surface area contributed by atoms with E-state index in [0.717, 1.165) is 18.9 Å². The molecule has 0 aliphatic carbocycles. The lowest BCUT2D eigenvalue weighted by Crippen LogP contribution is -2.45. The van der Waals surface area contributed by atoms with Crippen LogP contribution in [0.25, 0.3) is 0 Å². The van der Waals surface area contributed by atoms with Crippen molar-refractivity contribution in [3.8, 4) is 0 Å². The minimum atomic E-state index is -2.52. The van der Waals surface area contributed by atoms with E-state index in [4.69, 9.17) is 17.8 Å². The van der Waals surface area contributed by atoms with E-state index in [9.17, 15) is 4.21 Å². The Kier molecular flexibility index (Phi) is 12.6. The predicted octanol–water partition coefficient (Wildman–Crippen LogP) is 2.10. The molecule has 0 amide bonds. The lowest BCUT2D eigenvalue weighted by molar-refractivity contribution is 0.0709. The van der Waals surface area contributed by atoms with E-state index in [1.54, 1.807) is 0 Å². The summed E-state index contributed by atoms with van der Waals surface area (Å²) in [5, 5.41) is 0. The van der Waals surface area contributed by atoms with E-state index in [1.807, 2.05) is 32.9 Å². The maximum Gasteiger partial charge on any atom is 0.500 e. The van der Waals surface area contributed by atoms with Crippen molar-refractivity contribution in [1.29, 1.82) is 0 Å². The van der Waals surface area contributed by atoms with Gasteiger partial charge in [0.25, 0.3) is 0 Å². The average molecular weight is 326 g/mol. The first-order valence-corrected chi connectivity index (χ1v) is 10.0. The highest BCUT2D eigenvalue weighted by Crippen LogP contribution is 2.19. The van der Waals surface area contributed by atoms with E-state index in [2.05, 4.69) is 4.72 Å². The molecule has 0 radical (unpaired) electrons. The van der Waals surface area contributed by atoms with Gasteiger partial charge in [0.1, 0.15) is 0 Å². The van der Waals surface area contributed by atoms with Crippen LogP contribution in [0.5, 0.6) is 0 Å². The Labute approximate surface area is 125 Å². The van der Waals surface area contributed by atoms with Gasteiger partial charge in [-0.05, 0) is 33.6 Å². The topological polar surface area (TPSA) is 77.0 Å². The number of nitrogens with one attached hydrogen (secondary N) is 1. The first-order chi connectivity index (χ1) is 9.60. The molecule has 0 fully saturated rings. The fourth-order valence-electron chi connectivity index (χ4n) is 1.76. The van der Waals surface area contributed by atoms with Crippen molar-refractivity contribution in [3.63, 3.8) is 0 Å². The number of allylic oxidation sites excluding steroid dienone is 1. The molecular weight excluding hydrogens is 298 g/mol. The van der Waals surface area contributed by atoms with E-state index < -0.39 is 20.1 Å². The molecule has 0 saturated carbocycles. The average Bonchev–Trinajstić information content (AvgIpc) is 2.38. The standard InChI is InChI=1S/C12H27NO5SSi/c1-4-16-20(17-5-2,18-6-3)12-10-8-7-9-11-13-19(14)15/h7,9,13H,4-6,8,10-12H2,1-3H3,(H,14,15). The van der Waals surface area contributed by atoms with Crippen LogP contribution in [0.1, 0.15) is 33.6 Å². The summed E-state index contributed by atoms with van der Waals surface area (Å²) in [7, 11) is -2.52. The predicted molar refractivity (Wildman–Crippen MR) is 82.6 cm³/mol. The van der Waals surface area contributed by atoms with Crippen molar-refractivity contribution in [3.05, 3.63) is 12.2 Å². The lowest BCUT2D eigenvalue weighted by atomic mass is 10.3. The largest absolute Gasteiger partial charge is 0.500 e. The van der Waals surface area contributed by atoms with Gasteiger partial charge in [-0.3, -0.25) is 4.55 Å². The Morgan fingerprint density at radius 2 is 1.65 bits per heavy atom. The Bertz CT molecular complexity index is 274. The van der Waals surface area contributed by atoms with Crippen molar-refractivity contribution in [2.75, 3.05) is 26.4 Å². The van der Waals surface area contributed by atoms with Crippen molar-refractivity contribution >= 4 is 20.1 Å². The maximum absolute atomic E-state index is 10.4. The third kappa shape index (κ3) is 9.75. The highest BCUT2D eigenvalue weighted by molar-refractivity contribution is 7.77. The molecule has 0 saturated heterocycles. The van der Waals surface area contributed by atoms with E-state index >= 15 is 0 Å². The van der Waals surface area contributed by atoms with E-state index in [-0.39, 0.29) is 0 Å². The van der Waals surface area contributed by atoms with Crippen LogP contribution in [0.2, 0.25) is 6.04 Å². The van der Waals surface area contributed by atoms with Crippen LogP contribution < -0.4 is 4.72 Å². The number of hydrogen-bond donors (Lipinski definition) is 2. The van der Waals surface area contributed by atoms with Crippen LogP contribution >= 0.6 is 0 Å². The summed E-state index contributed by atoms with van der Waals surface area (Å²) in [5.41, 5.74) is 0. The molecule has 0 bridgehead atoms. The highest BCUT2D eigenvalue weighted by atomic mass is 32.2. The second kappa shape index (κ2) is 12.6. The van der Waals surface area contributed by atoms with Crippen molar-refractivity contribution in [1.82, 2.24) is 4.72 Å². The zero-order chi connectivity index (χ0) is 15.3. The molecule has 20 heavy (non-hydrogen) atoms. The van der Waals surface area contributed by atoms with Gasteiger partial charge in [-0.1, -0.05) is 12.2 Å². The smallest absolute Gasteiger partial charge is 0.374 e. The number of unbranched alkanes of at least 4 members (excludes halogenated alkanes) is 1. The molecule has 2 N–H and O–H groups in total. The first kappa shape index (κ1) is 19.9. The third-order valence-electron chi connectivity index (χ3n) is 2.44. The quantitative estimate of drug-likeness (QED) is 0.235. The second-order valence-corrected chi connectivity index (χ2v) is 7.46. The van der Waals surface area contributed by atoms with Gasteiger partial charge in [0.2, 0.25) is 11.3 Å². The lowest BCUT2D eigenvalue weighted by Gasteiger charge is -2.28. The molecule has 0 aromatic rings. The fourth-order valence-corrected chi connectivity index (χ4v) is 4.64. The molecule has 1 atom stereocenters. The Morgan fingerprint density at radius 1 is 1.10 bits per heavy atom. The Balaban J connectivity index is 4.08. The van der Waals surface area contributed by atoms with Crippen LogP contribution in [0.4, 0.5) is 0 Å². The number of hydrogen-bond acceptors (Lipinski definition) is 4. The first-order valence-electron chi connectivity index (χ1n) is 7.01. The summed E-state index contributed by atoms with van der Waals surface area (Å²) in [5.74, 6) is 0. The molecule has 0 aromatic heterocycles. The van der Waals surface area contributed by atoms with Crippen LogP contribution in [0.3, 0.4) is 0 Å². The summed E-state index contributed by atoms with van der Waals surface area (Å²) >= 11 is -1.95. The van der Waals surface area contributed by atoms with Gasteiger partial charge >= 0.3 is 8.80 Å². The molecule has 0 rings (SSSR count). The zero-order valence-corrected chi connectivity index (χ0v) is 14.4. The summed E-state index contributed by atoms with van der Waals surface area (Å²) in [6.45, 7) is 7.99. The van der Waals surface area contributed by atoms with Gasteiger partial charge in [-0.25, -0.2) is 8.93 Å². The SMILES string of the molecule is CCO[Si](CCCC=CCNS(=O)O)(OCC)OCC. The summed E-state index contributed by atoms with van der Waals surface area (Å²) in [6.07, 6.45) is 5.58. The molecular formula is C12H27NO5SSi. The van der Waals surface area contributed by atoms with Crippen LogP contribution in [-0.2, 0) is 24.5 Å². The maximum atomic E-state index is 10.4. The second-order valence-electron chi connectivity index (χ2n) is 3.94. The van der Waals surface area contributed by atoms with Gasteiger partial charge in [-0.2, -0.15) is 0 Å². The van der Waals surface area contributed by atoms with Crippen molar-refractivity contribution < 1.29 is 22.0 Å².